The number of primary amides is 1. The van der Waals surface area contributed by atoms with Crippen molar-refractivity contribution < 1.29 is 19.1 Å². The molecule has 7 nitrogen and oxygen atoms in total. The molecule has 0 unspecified atom stereocenters. The molecule has 18 heavy (non-hydrogen) atoms. The number of hydrogen-bond acceptors (Lipinski definition) is 4. The molecule has 0 saturated carbocycles. The van der Waals surface area contributed by atoms with Gasteiger partial charge in [0, 0.05) is 6.54 Å². The van der Waals surface area contributed by atoms with Crippen molar-refractivity contribution in [3.63, 3.8) is 0 Å². The number of nitrogens with two attached hydrogens (primary N) is 1. The molecule has 0 rings (SSSR count). The van der Waals surface area contributed by atoms with E-state index in [0.29, 0.717) is 6.54 Å². The summed E-state index contributed by atoms with van der Waals surface area (Å²) in [6.45, 7) is 5.74. The van der Waals surface area contributed by atoms with E-state index < -0.39 is 17.9 Å². The Morgan fingerprint density at radius 1 is 1.33 bits per heavy atom. The van der Waals surface area contributed by atoms with Gasteiger partial charge in [-0.05, 0) is 12.8 Å². The fraction of sp³-hybridized carbons (Fsp3) is 0.727. The zero-order valence-electron chi connectivity index (χ0n) is 11.1. The lowest BCUT2D eigenvalue weighted by molar-refractivity contribution is -0.141. The summed E-state index contributed by atoms with van der Waals surface area (Å²) in [5.41, 5.74) is 5.06. The quantitative estimate of drug-likeness (QED) is 0.613. The van der Waals surface area contributed by atoms with Crippen molar-refractivity contribution >= 4 is 17.9 Å². The van der Waals surface area contributed by atoms with Gasteiger partial charge in [-0.1, -0.05) is 13.8 Å². The van der Waals surface area contributed by atoms with Gasteiger partial charge >= 0.3 is 12.0 Å². The minimum Gasteiger partial charge on any atom is -0.465 e. The fourth-order valence-corrected chi connectivity index (χ4v) is 1.32. The van der Waals surface area contributed by atoms with Crippen LogP contribution in [0.3, 0.4) is 0 Å². The van der Waals surface area contributed by atoms with Gasteiger partial charge in [0.05, 0.1) is 6.61 Å². The first-order valence-corrected chi connectivity index (χ1v) is 5.83. The van der Waals surface area contributed by atoms with Crippen LogP contribution >= 0.6 is 0 Å². The summed E-state index contributed by atoms with van der Waals surface area (Å²) in [6.07, 6.45) is 0. The zero-order chi connectivity index (χ0) is 14.1. The number of carbonyl (C=O) groups is 3. The van der Waals surface area contributed by atoms with Crippen LogP contribution in [-0.4, -0.2) is 49.0 Å². The van der Waals surface area contributed by atoms with E-state index in [4.69, 9.17) is 5.73 Å². The molecule has 0 aliphatic rings. The average molecular weight is 259 g/mol. The topological polar surface area (TPSA) is 102 Å². The molecule has 0 bridgehead atoms. The number of esters is 1. The Bertz CT molecular complexity index is 305. The maximum atomic E-state index is 11.7. The van der Waals surface area contributed by atoms with Crippen molar-refractivity contribution in [2.75, 3.05) is 26.2 Å². The zero-order valence-corrected chi connectivity index (χ0v) is 11.1. The van der Waals surface area contributed by atoms with Gasteiger partial charge in [-0.2, -0.15) is 0 Å². The minimum absolute atomic E-state index is 0.174. The normalized spacial score (nSPS) is 10.0. The molecule has 0 spiro atoms. The van der Waals surface area contributed by atoms with Gasteiger partial charge in [-0.15, -0.1) is 0 Å². The van der Waals surface area contributed by atoms with Gasteiger partial charge < -0.3 is 20.7 Å². The third-order valence-electron chi connectivity index (χ3n) is 1.91. The Morgan fingerprint density at radius 2 is 1.94 bits per heavy atom. The molecule has 0 aromatic heterocycles. The second-order valence-corrected chi connectivity index (χ2v) is 4.20. The van der Waals surface area contributed by atoms with E-state index in [-0.39, 0.29) is 25.6 Å². The lowest BCUT2D eigenvalue weighted by atomic mass is 10.2. The predicted octanol–water partition coefficient (Wildman–Crippen LogP) is -0.298. The van der Waals surface area contributed by atoms with Crippen LogP contribution in [0.4, 0.5) is 4.79 Å². The molecule has 0 aromatic carbocycles. The highest BCUT2D eigenvalue weighted by atomic mass is 16.5. The Morgan fingerprint density at radius 3 is 2.39 bits per heavy atom. The standard InChI is InChI=1S/C11H21N3O4/c1-4-18-10(16)5-13-11(17)14(6-8(2)3)7-9(12)15/h8H,4-7H2,1-3H3,(H2,12,15)(H,13,17). The number of nitrogens with zero attached hydrogens (tertiary/aromatic N) is 1. The summed E-state index contributed by atoms with van der Waals surface area (Å²) in [7, 11) is 0. The van der Waals surface area contributed by atoms with Crippen LogP contribution in [-0.2, 0) is 14.3 Å². The van der Waals surface area contributed by atoms with E-state index in [1.54, 1.807) is 6.92 Å². The van der Waals surface area contributed by atoms with Crippen LogP contribution in [0.15, 0.2) is 0 Å². The summed E-state index contributed by atoms with van der Waals surface area (Å²) >= 11 is 0. The number of nitrogens with one attached hydrogen (secondary N) is 1. The molecule has 104 valence electrons. The fourth-order valence-electron chi connectivity index (χ4n) is 1.32. The molecule has 0 saturated heterocycles. The van der Waals surface area contributed by atoms with Gasteiger partial charge in [0.25, 0.3) is 0 Å². The van der Waals surface area contributed by atoms with Crippen LogP contribution < -0.4 is 11.1 Å². The highest BCUT2D eigenvalue weighted by Gasteiger charge is 2.17. The number of urea groups is 1. The molecule has 0 aliphatic heterocycles. The first-order valence-electron chi connectivity index (χ1n) is 5.83. The summed E-state index contributed by atoms with van der Waals surface area (Å²) in [5, 5.41) is 2.38. The van der Waals surface area contributed by atoms with Gasteiger partial charge in [-0.25, -0.2) is 4.79 Å². The SMILES string of the molecule is CCOC(=O)CNC(=O)N(CC(N)=O)CC(C)C. The molecule has 0 heterocycles. The number of amides is 3. The summed E-state index contributed by atoms with van der Waals surface area (Å²) < 4.78 is 4.67. The van der Waals surface area contributed by atoms with E-state index in [9.17, 15) is 14.4 Å². The Hall–Kier alpha value is -1.79. The first-order chi connectivity index (χ1) is 8.36. The van der Waals surface area contributed by atoms with Crippen molar-refractivity contribution in [1.82, 2.24) is 10.2 Å². The van der Waals surface area contributed by atoms with Gasteiger partial charge in [0.15, 0.2) is 0 Å². The highest BCUT2D eigenvalue weighted by Crippen LogP contribution is 1.98. The van der Waals surface area contributed by atoms with Crippen molar-refractivity contribution in [1.29, 1.82) is 0 Å². The summed E-state index contributed by atoms with van der Waals surface area (Å²) in [5.74, 6) is -0.922. The van der Waals surface area contributed by atoms with Crippen molar-refractivity contribution in [3.8, 4) is 0 Å². The van der Waals surface area contributed by atoms with Crippen molar-refractivity contribution in [3.05, 3.63) is 0 Å². The van der Waals surface area contributed by atoms with Crippen LogP contribution in [0.2, 0.25) is 0 Å². The van der Waals surface area contributed by atoms with E-state index in [0.717, 1.165) is 0 Å². The van der Waals surface area contributed by atoms with Crippen LogP contribution in [0.25, 0.3) is 0 Å². The van der Waals surface area contributed by atoms with Gasteiger partial charge in [0.1, 0.15) is 13.1 Å². The molecule has 7 heteroatoms. The lowest BCUT2D eigenvalue weighted by Gasteiger charge is -2.23. The number of rotatable bonds is 7. The van der Waals surface area contributed by atoms with Crippen LogP contribution in [0, 0.1) is 5.92 Å². The Kier molecular flexibility index (Phi) is 7.50. The summed E-state index contributed by atoms with van der Waals surface area (Å²) in [4.78, 5) is 34.9. The van der Waals surface area contributed by atoms with E-state index in [1.165, 1.54) is 4.90 Å². The minimum atomic E-state index is -0.595. The maximum absolute atomic E-state index is 11.7. The first kappa shape index (κ1) is 16.2. The molecule has 0 atom stereocenters. The Labute approximate surface area is 107 Å². The van der Waals surface area contributed by atoms with Crippen molar-refractivity contribution in [2.24, 2.45) is 11.7 Å². The largest absolute Gasteiger partial charge is 0.465 e. The Balaban J connectivity index is 4.28. The second-order valence-electron chi connectivity index (χ2n) is 4.20. The third kappa shape index (κ3) is 7.48. The third-order valence-corrected chi connectivity index (χ3v) is 1.91. The highest BCUT2D eigenvalue weighted by molar-refractivity contribution is 5.85. The van der Waals surface area contributed by atoms with E-state index in [2.05, 4.69) is 10.1 Å². The summed E-state index contributed by atoms with van der Waals surface area (Å²) in [6, 6.07) is -0.504. The number of ether oxygens (including phenoxy) is 1. The van der Waals surface area contributed by atoms with Gasteiger partial charge in [-0.3, -0.25) is 9.59 Å². The molecular formula is C11H21N3O4. The second kappa shape index (κ2) is 8.32. The van der Waals surface area contributed by atoms with E-state index >= 15 is 0 Å². The molecule has 0 radical (unpaired) electrons. The van der Waals surface area contributed by atoms with Crippen LogP contribution in [0.1, 0.15) is 20.8 Å². The molecule has 3 N–H and O–H groups in total. The van der Waals surface area contributed by atoms with Crippen molar-refractivity contribution in [2.45, 2.75) is 20.8 Å². The lowest BCUT2D eigenvalue weighted by Crippen LogP contribution is -2.47. The number of carbonyl (C=O) groups excluding carboxylic acids is 3. The molecule has 3 amide bonds. The molecular weight excluding hydrogens is 238 g/mol. The maximum Gasteiger partial charge on any atom is 0.325 e. The van der Waals surface area contributed by atoms with E-state index in [1.807, 2.05) is 13.8 Å². The molecule has 0 aliphatic carbocycles. The van der Waals surface area contributed by atoms with Gasteiger partial charge in [0.2, 0.25) is 5.91 Å². The molecule has 0 aromatic rings. The molecule has 0 fully saturated rings. The number of hydrogen-bond donors (Lipinski definition) is 2. The predicted molar refractivity (Wildman–Crippen MR) is 65.6 cm³/mol. The average Bonchev–Trinajstić information content (AvgIpc) is 2.24. The monoisotopic (exact) mass is 259 g/mol. The smallest absolute Gasteiger partial charge is 0.325 e. The van der Waals surface area contributed by atoms with Crippen LogP contribution in [0.5, 0.6) is 0 Å².